The second-order valence-electron chi connectivity index (χ2n) is 3.38. The first-order valence-corrected chi connectivity index (χ1v) is 5.47. The summed E-state index contributed by atoms with van der Waals surface area (Å²) in [7, 11) is 0. The van der Waals surface area contributed by atoms with Crippen molar-refractivity contribution < 1.29 is 4.74 Å². The van der Waals surface area contributed by atoms with E-state index in [1.54, 1.807) is 6.20 Å². The number of nitrogens with zero attached hydrogens (tertiary/aromatic N) is 2. The lowest BCUT2D eigenvalue weighted by molar-refractivity contribution is 0.0954. The van der Waals surface area contributed by atoms with Crippen LogP contribution in [0.3, 0.4) is 0 Å². The first kappa shape index (κ1) is 12.1. The van der Waals surface area contributed by atoms with E-state index < -0.39 is 0 Å². The first-order chi connectivity index (χ1) is 7.36. The van der Waals surface area contributed by atoms with Crippen molar-refractivity contribution in [3.8, 4) is 0 Å². The van der Waals surface area contributed by atoms with Crippen LogP contribution >= 0.6 is 0 Å². The summed E-state index contributed by atoms with van der Waals surface area (Å²) in [6, 6.07) is 3.79. The molecule has 0 fully saturated rings. The Morgan fingerprint density at radius 3 is 2.80 bits per heavy atom. The third kappa shape index (κ3) is 4.91. The van der Waals surface area contributed by atoms with Crippen LogP contribution in [0.2, 0.25) is 0 Å². The first-order valence-electron chi connectivity index (χ1n) is 5.47. The third-order valence-corrected chi connectivity index (χ3v) is 2.39. The Kier molecular flexibility index (Phi) is 5.97. The molecule has 0 saturated carbocycles. The van der Waals surface area contributed by atoms with Crippen molar-refractivity contribution >= 4 is 0 Å². The summed E-state index contributed by atoms with van der Waals surface area (Å²) in [5.74, 6) is 0. The Hall–Kier alpha value is -0.930. The van der Waals surface area contributed by atoms with Gasteiger partial charge < -0.3 is 9.64 Å². The Bertz CT molecular complexity index is 247. The number of likely N-dealkylation sites (N-methyl/N-ethyl adjacent to an activating group) is 1. The van der Waals surface area contributed by atoms with Gasteiger partial charge in [-0.25, -0.2) is 0 Å². The summed E-state index contributed by atoms with van der Waals surface area (Å²) in [5.41, 5.74) is 1.10. The molecule has 0 aliphatic carbocycles. The van der Waals surface area contributed by atoms with Crippen LogP contribution in [-0.2, 0) is 11.3 Å². The fraction of sp³-hybridized carbons (Fsp3) is 0.583. The molecule has 0 unspecified atom stereocenters. The van der Waals surface area contributed by atoms with Crippen LogP contribution < -0.4 is 0 Å². The molecule has 0 aliphatic heterocycles. The molecule has 83 valence electrons. The molecule has 0 aromatic carbocycles. The van der Waals surface area contributed by atoms with Gasteiger partial charge in [-0.3, -0.25) is 4.98 Å². The van der Waals surface area contributed by atoms with E-state index in [1.807, 2.05) is 12.1 Å². The predicted molar refractivity (Wildman–Crippen MR) is 60.5 cm³/mol. The van der Waals surface area contributed by atoms with E-state index in [0.29, 0.717) is 6.61 Å². The van der Waals surface area contributed by atoms with Gasteiger partial charge in [0.15, 0.2) is 0 Å². The van der Waals surface area contributed by atoms with E-state index in [0.717, 1.165) is 31.8 Å². The molecule has 1 rings (SSSR count). The van der Waals surface area contributed by atoms with Crippen LogP contribution in [0.1, 0.15) is 19.4 Å². The van der Waals surface area contributed by atoms with Gasteiger partial charge in [-0.15, -0.1) is 0 Å². The molecular formula is C12H19N2O. The van der Waals surface area contributed by atoms with Crippen LogP contribution in [-0.4, -0.2) is 36.1 Å². The standard InChI is InChI=1S/C12H19N2O/c1-3-14(4-2)8-9-15-11-12-6-5-7-13-10-12/h5-6,10H,3-4,8-9,11H2,1-2H3. The van der Waals surface area contributed by atoms with E-state index in [2.05, 4.69) is 29.9 Å². The molecule has 0 saturated heterocycles. The molecule has 3 heteroatoms. The molecule has 3 nitrogen and oxygen atoms in total. The maximum absolute atomic E-state index is 5.56. The molecule has 0 spiro atoms. The fourth-order valence-corrected chi connectivity index (χ4v) is 1.36. The summed E-state index contributed by atoms with van der Waals surface area (Å²) < 4.78 is 5.56. The molecule has 15 heavy (non-hydrogen) atoms. The van der Waals surface area contributed by atoms with E-state index >= 15 is 0 Å². The second kappa shape index (κ2) is 7.37. The van der Waals surface area contributed by atoms with Gasteiger partial charge in [0, 0.05) is 12.7 Å². The van der Waals surface area contributed by atoms with Gasteiger partial charge in [-0.1, -0.05) is 19.9 Å². The monoisotopic (exact) mass is 207 g/mol. The lowest BCUT2D eigenvalue weighted by atomic mass is 10.3. The van der Waals surface area contributed by atoms with Gasteiger partial charge in [0.05, 0.1) is 19.4 Å². The van der Waals surface area contributed by atoms with E-state index in [1.165, 1.54) is 0 Å². The minimum absolute atomic E-state index is 0.642. The van der Waals surface area contributed by atoms with E-state index in [9.17, 15) is 0 Å². The average Bonchev–Trinajstić information content (AvgIpc) is 2.31. The quantitative estimate of drug-likeness (QED) is 0.637. The normalized spacial score (nSPS) is 10.9. The van der Waals surface area contributed by atoms with Crippen molar-refractivity contribution in [2.75, 3.05) is 26.2 Å². The summed E-state index contributed by atoms with van der Waals surface area (Å²) >= 11 is 0. The molecule has 0 aliphatic rings. The number of aromatic nitrogens is 1. The third-order valence-electron chi connectivity index (χ3n) is 2.39. The molecule has 1 aromatic rings. The summed E-state index contributed by atoms with van der Waals surface area (Å²) in [4.78, 5) is 6.26. The van der Waals surface area contributed by atoms with Crippen molar-refractivity contribution in [2.45, 2.75) is 20.5 Å². The molecule has 1 aromatic heterocycles. The zero-order valence-corrected chi connectivity index (χ0v) is 9.57. The molecule has 0 atom stereocenters. The number of hydrogen-bond donors (Lipinski definition) is 0. The highest BCUT2D eigenvalue weighted by molar-refractivity contribution is 5.05. The van der Waals surface area contributed by atoms with Crippen LogP contribution in [0.15, 0.2) is 18.3 Å². The highest BCUT2D eigenvalue weighted by atomic mass is 16.5. The SMILES string of the molecule is CCN(CC)CCOCc1cc[c]nc1. The average molecular weight is 207 g/mol. The molecule has 0 bridgehead atoms. The predicted octanol–water partition coefficient (Wildman–Crippen LogP) is 1.74. The van der Waals surface area contributed by atoms with Gasteiger partial charge >= 0.3 is 0 Å². The smallest absolute Gasteiger partial charge is 0.0886 e. The number of ether oxygens (including phenoxy) is 1. The lowest BCUT2D eigenvalue weighted by Gasteiger charge is -2.17. The fourth-order valence-electron chi connectivity index (χ4n) is 1.36. The summed E-state index contributed by atoms with van der Waals surface area (Å²) in [6.45, 7) is 8.92. The highest BCUT2D eigenvalue weighted by Gasteiger charge is 1.98. The summed E-state index contributed by atoms with van der Waals surface area (Å²) in [6.07, 6.45) is 4.53. The van der Waals surface area contributed by atoms with Crippen molar-refractivity contribution in [3.63, 3.8) is 0 Å². The Labute approximate surface area is 92.1 Å². The van der Waals surface area contributed by atoms with Crippen LogP contribution in [0.25, 0.3) is 0 Å². The van der Waals surface area contributed by atoms with E-state index in [4.69, 9.17) is 4.74 Å². The minimum Gasteiger partial charge on any atom is -0.375 e. The summed E-state index contributed by atoms with van der Waals surface area (Å²) in [5, 5.41) is 0. The van der Waals surface area contributed by atoms with Crippen molar-refractivity contribution in [1.29, 1.82) is 0 Å². The Morgan fingerprint density at radius 2 is 2.20 bits per heavy atom. The van der Waals surface area contributed by atoms with E-state index in [-0.39, 0.29) is 0 Å². The van der Waals surface area contributed by atoms with Crippen LogP contribution in [0.5, 0.6) is 0 Å². The molecule has 0 N–H and O–H groups in total. The maximum Gasteiger partial charge on any atom is 0.0886 e. The highest BCUT2D eigenvalue weighted by Crippen LogP contribution is 1.97. The van der Waals surface area contributed by atoms with Crippen molar-refractivity contribution in [3.05, 3.63) is 30.1 Å². The van der Waals surface area contributed by atoms with Gasteiger partial charge in [0.1, 0.15) is 0 Å². The van der Waals surface area contributed by atoms with Crippen molar-refractivity contribution in [2.24, 2.45) is 0 Å². The molecule has 1 heterocycles. The lowest BCUT2D eigenvalue weighted by Crippen LogP contribution is -2.26. The van der Waals surface area contributed by atoms with Gasteiger partial charge in [-0.2, -0.15) is 0 Å². The van der Waals surface area contributed by atoms with Crippen LogP contribution in [0.4, 0.5) is 0 Å². The molecule has 0 amide bonds. The number of rotatable bonds is 7. The number of hydrogen-bond acceptors (Lipinski definition) is 3. The maximum atomic E-state index is 5.56. The van der Waals surface area contributed by atoms with Gasteiger partial charge in [-0.05, 0) is 24.7 Å². The topological polar surface area (TPSA) is 25.4 Å². The Balaban J connectivity index is 2.12. The number of pyridine rings is 1. The minimum atomic E-state index is 0.642. The van der Waals surface area contributed by atoms with Gasteiger partial charge in [0.25, 0.3) is 0 Å². The van der Waals surface area contributed by atoms with Crippen LogP contribution in [0, 0.1) is 6.20 Å². The zero-order valence-electron chi connectivity index (χ0n) is 9.57. The molecule has 1 radical (unpaired) electrons. The second-order valence-corrected chi connectivity index (χ2v) is 3.38. The van der Waals surface area contributed by atoms with Gasteiger partial charge in [0.2, 0.25) is 0 Å². The largest absolute Gasteiger partial charge is 0.375 e. The molecular weight excluding hydrogens is 188 g/mol. The zero-order chi connectivity index (χ0) is 10.9. The van der Waals surface area contributed by atoms with Crippen molar-refractivity contribution in [1.82, 2.24) is 9.88 Å². The Morgan fingerprint density at radius 1 is 1.40 bits per heavy atom.